The Morgan fingerprint density at radius 1 is 1.33 bits per heavy atom. The van der Waals surface area contributed by atoms with Crippen molar-refractivity contribution in [3.05, 3.63) is 51.5 Å². The summed E-state index contributed by atoms with van der Waals surface area (Å²) in [5.74, 6) is -0.177. The SMILES string of the molecule is CCn1c(C)cc(C(=O)COc2ccc(Br)c(F)c2)c1C. The topological polar surface area (TPSA) is 31.2 Å². The van der Waals surface area contributed by atoms with Gasteiger partial charge in [0.25, 0.3) is 0 Å². The molecule has 0 radical (unpaired) electrons. The number of rotatable bonds is 5. The van der Waals surface area contributed by atoms with Gasteiger partial charge in [0.15, 0.2) is 6.61 Å². The number of hydrogen-bond acceptors (Lipinski definition) is 2. The number of carbonyl (C=O) groups excluding carboxylic acids is 1. The van der Waals surface area contributed by atoms with E-state index in [0.29, 0.717) is 15.8 Å². The fraction of sp³-hybridized carbons (Fsp3) is 0.312. The van der Waals surface area contributed by atoms with Crippen molar-refractivity contribution in [2.45, 2.75) is 27.3 Å². The van der Waals surface area contributed by atoms with Crippen molar-refractivity contribution in [3.8, 4) is 5.75 Å². The van der Waals surface area contributed by atoms with Crippen molar-refractivity contribution in [1.29, 1.82) is 0 Å². The Labute approximate surface area is 131 Å². The molecule has 112 valence electrons. The standard InChI is InChI=1S/C16H17BrFNO2/c1-4-19-10(2)7-13(11(19)3)16(20)9-21-12-5-6-14(17)15(18)8-12/h5-8H,4,9H2,1-3H3. The highest BCUT2D eigenvalue weighted by Crippen LogP contribution is 2.21. The predicted octanol–water partition coefficient (Wildman–Crippen LogP) is 4.29. The van der Waals surface area contributed by atoms with Gasteiger partial charge in [-0.3, -0.25) is 4.79 Å². The van der Waals surface area contributed by atoms with Crippen LogP contribution in [0.15, 0.2) is 28.7 Å². The second kappa shape index (κ2) is 6.43. The molecule has 0 aliphatic rings. The first-order valence-electron chi connectivity index (χ1n) is 6.71. The molecule has 1 aromatic heterocycles. The molecule has 2 aromatic rings. The Hall–Kier alpha value is -1.62. The maximum absolute atomic E-state index is 13.4. The Bertz CT molecular complexity index is 679. The van der Waals surface area contributed by atoms with E-state index >= 15 is 0 Å². The minimum atomic E-state index is -0.413. The van der Waals surface area contributed by atoms with E-state index < -0.39 is 5.82 Å². The van der Waals surface area contributed by atoms with Crippen LogP contribution in [0, 0.1) is 19.7 Å². The van der Waals surface area contributed by atoms with E-state index in [-0.39, 0.29) is 12.4 Å². The molecular weight excluding hydrogens is 337 g/mol. The average molecular weight is 354 g/mol. The first kappa shape index (κ1) is 15.8. The van der Waals surface area contributed by atoms with Crippen LogP contribution in [-0.2, 0) is 6.54 Å². The van der Waals surface area contributed by atoms with Crippen LogP contribution in [0.25, 0.3) is 0 Å². The molecule has 0 bridgehead atoms. The number of halogens is 2. The van der Waals surface area contributed by atoms with E-state index in [9.17, 15) is 9.18 Å². The van der Waals surface area contributed by atoms with Gasteiger partial charge in [-0.2, -0.15) is 0 Å². The number of nitrogens with zero attached hydrogens (tertiary/aromatic N) is 1. The molecule has 0 spiro atoms. The lowest BCUT2D eigenvalue weighted by Crippen LogP contribution is -2.13. The van der Waals surface area contributed by atoms with Crippen LogP contribution in [0.1, 0.15) is 28.7 Å². The first-order valence-corrected chi connectivity index (χ1v) is 7.51. The van der Waals surface area contributed by atoms with Crippen LogP contribution in [0.3, 0.4) is 0 Å². The van der Waals surface area contributed by atoms with E-state index in [2.05, 4.69) is 20.5 Å². The quantitative estimate of drug-likeness (QED) is 0.750. The Balaban J connectivity index is 2.10. The molecule has 0 amide bonds. The van der Waals surface area contributed by atoms with Gasteiger partial charge in [0.2, 0.25) is 5.78 Å². The molecular formula is C16H17BrFNO2. The fourth-order valence-electron chi connectivity index (χ4n) is 2.36. The molecule has 0 atom stereocenters. The monoisotopic (exact) mass is 353 g/mol. The molecule has 0 fully saturated rings. The highest BCUT2D eigenvalue weighted by molar-refractivity contribution is 9.10. The maximum Gasteiger partial charge on any atom is 0.202 e. The van der Waals surface area contributed by atoms with Gasteiger partial charge < -0.3 is 9.30 Å². The van der Waals surface area contributed by atoms with Gasteiger partial charge >= 0.3 is 0 Å². The molecule has 0 saturated carbocycles. The average Bonchev–Trinajstić information content (AvgIpc) is 2.74. The van der Waals surface area contributed by atoms with Crippen LogP contribution in [-0.4, -0.2) is 17.0 Å². The third-order valence-electron chi connectivity index (χ3n) is 3.45. The molecule has 0 aliphatic carbocycles. The van der Waals surface area contributed by atoms with Crippen LogP contribution < -0.4 is 4.74 Å². The number of Topliss-reactive ketones (excluding diaryl/α,β-unsaturated/α-hetero) is 1. The normalized spacial score (nSPS) is 10.7. The second-order valence-corrected chi connectivity index (χ2v) is 5.67. The molecule has 21 heavy (non-hydrogen) atoms. The molecule has 1 aromatic carbocycles. The summed E-state index contributed by atoms with van der Waals surface area (Å²) in [6.07, 6.45) is 0. The van der Waals surface area contributed by atoms with Crippen molar-refractivity contribution in [2.24, 2.45) is 0 Å². The highest BCUT2D eigenvalue weighted by Gasteiger charge is 2.15. The lowest BCUT2D eigenvalue weighted by atomic mass is 10.1. The zero-order chi connectivity index (χ0) is 15.6. The number of hydrogen-bond donors (Lipinski definition) is 0. The van der Waals surface area contributed by atoms with E-state index in [4.69, 9.17) is 4.74 Å². The zero-order valence-electron chi connectivity index (χ0n) is 12.2. The van der Waals surface area contributed by atoms with Crippen molar-refractivity contribution < 1.29 is 13.9 Å². The highest BCUT2D eigenvalue weighted by atomic mass is 79.9. The lowest BCUT2D eigenvalue weighted by Gasteiger charge is -2.07. The van der Waals surface area contributed by atoms with E-state index in [1.54, 1.807) is 12.1 Å². The molecule has 2 rings (SSSR count). The van der Waals surface area contributed by atoms with Crippen LogP contribution in [0.4, 0.5) is 4.39 Å². The number of aryl methyl sites for hydroxylation is 1. The van der Waals surface area contributed by atoms with Gasteiger partial charge in [0.1, 0.15) is 11.6 Å². The lowest BCUT2D eigenvalue weighted by molar-refractivity contribution is 0.0920. The zero-order valence-corrected chi connectivity index (χ0v) is 13.8. The largest absolute Gasteiger partial charge is 0.485 e. The summed E-state index contributed by atoms with van der Waals surface area (Å²) in [4.78, 5) is 12.2. The molecule has 0 saturated heterocycles. The van der Waals surface area contributed by atoms with Crippen LogP contribution in [0.5, 0.6) is 5.75 Å². The minimum absolute atomic E-state index is 0.102. The first-order chi connectivity index (χ1) is 9.93. The molecule has 5 heteroatoms. The van der Waals surface area contributed by atoms with E-state index in [0.717, 1.165) is 17.9 Å². The summed E-state index contributed by atoms with van der Waals surface area (Å²) in [6, 6.07) is 6.30. The summed E-state index contributed by atoms with van der Waals surface area (Å²) in [7, 11) is 0. The molecule has 0 N–H and O–H groups in total. The Kier molecular flexibility index (Phi) is 4.83. The van der Waals surface area contributed by atoms with Crippen LogP contribution in [0.2, 0.25) is 0 Å². The molecule has 3 nitrogen and oxygen atoms in total. The van der Waals surface area contributed by atoms with Crippen molar-refractivity contribution in [2.75, 3.05) is 6.61 Å². The number of carbonyl (C=O) groups is 1. The minimum Gasteiger partial charge on any atom is -0.485 e. The van der Waals surface area contributed by atoms with E-state index in [1.807, 2.05) is 26.8 Å². The van der Waals surface area contributed by atoms with Gasteiger partial charge in [0.05, 0.1) is 4.47 Å². The Morgan fingerprint density at radius 2 is 2.05 bits per heavy atom. The second-order valence-electron chi connectivity index (χ2n) is 4.82. The summed E-state index contributed by atoms with van der Waals surface area (Å²) in [5, 5.41) is 0. The predicted molar refractivity (Wildman–Crippen MR) is 83.5 cm³/mol. The summed E-state index contributed by atoms with van der Waals surface area (Å²) in [5.41, 5.74) is 2.64. The molecule has 1 heterocycles. The third kappa shape index (κ3) is 3.35. The smallest absolute Gasteiger partial charge is 0.202 e. The number of ketones is 1. The van der Waals surface area contributed by atoms with Gasteiger partial charge in [-0.15, -0.1) is 0 Å². The number of aromatic nitrogens is 1. The number of benzene rings is 1. The van der Waals surface area contributed by atoms with Gasteiger partial charge in [0, 0.05) is 29.6 Å². The molecule has 0 aliphatic heterocycles. The summed E-state index contributed by atoms with van der Waals surface area (Å²) in [6.45, 7) is 6.65. The molecule has 0 unspecified atom stereocenters. The van der Waals surface area contributed by atoms with E-state index in [1.165, 1.54) is 6.07 Å². The Morgan fingerprint density at radius 3 is 2.62 bits per heavy atom. The number of ether oxygens (including phenoxy) is 1. The van der Waals surface area contributed by atoms with Gasteiger partial charge in [-0.25, -0.2) is 4.39 Å². The van der Waals surface area contributed by atoms with Gasteiger partial charge in [-0.05, 0) is 54.9 Å². The van der Waals surface area contributed by atoms with Crippen molar-refractivity contribution in [1.82, 2.24) is 4.57 Å². The third-order valence-corrected chi connectivity index (χ3v) is 4.09. The van der Waals surface area contributed by atoms with Crippen LogP contribution >= 0.6 is 15.9 Å². The van der Waals surface area contributed by atoms with Crippen molar-refractivity contribution in [3.63, 3.8) is 0 Å². The fourth-order valence-corrected chi connectivity index (χ4v) is 2.61. The van der Waals surface area contributed by atoms with Crippen molar-refractivity contribution >= 4 is 21.7 Å². The summed E-state index contributed by atoms with van der Waals surface area (Å²) >= 11 is 3.07. The maximum atomic E-state index is 13.4. The van der Waals surface area contributed by atoms with Gasteiger partial charge in [-0.1, -0.05) is 0 Å². The summed E-state index contributed by atoms with van der Waals surface area (Å²) < 4.78 is 21.2.